The Morgan fingerprint density at radius 3 is 2.80 bits per heavy atom. The van der Waals surface area contributed by atoms with E-state index in [0.29, 0.717) is 22.3 Å². The van der Waals surface area contributed by atoms with E-state index in [-0.39, 0.29) is 11.7 Å². The van der Waals surface area contributed by atoms with Crippen LogP contribution in [0.4, 0.5) is 5.69 Å². The van der Waals surface area contributed by atoms with Gasteiger partial charge >= 0.3 is 0 Å². The molecular weight excluding hydrogens is 334 g/mol. The van der Waals surface area contributed by atoms with Gasteiger partial charge in [0.2, 0.25) is 0 Å². The first-order valence-corrected chi connectivity index (χ1v) is 8.63. The summed E-state index contributed by atoms with van der Waals surface area (Å²) in [5, 5.41) is 10.6. The third-order valence-corrected chi connectivity index (χ3v) is 4.82. The van der Waals surface area contributed by atoms with E-state index in [0.717, 1.165) is 11.3 Å². The molecule has 0 radical (unpaired) electrons. The number of amides is 1. The van der Waals surface area contributed by atoms with Crippen LogP contribution >= 0.6 is 11.8 Å². The second kappa shape index (κ2) is 7.03. The van der Waals surface area contributed by atoms with Crippen LogP contribution in [-0.4, -0.2) is 32.2 Å². The van der Waals surface area contributed by atoms with Gasteiger partial charge in [-0.05, 0) is 54.6 Å². The van der Waals surface area contributed by atoms with Crippen molar-refractivity contribution in [2.75, 3.05) is 6.54 Å². The number of rotatable bonds is 4. The molecule has 128 valence electrons. The van der Waals surface area contributed by atoms with Gasteiger partial charge in [0.1, 0.15) is 11.4 Å². The van der Waals surface area contributed by atoms with Crippen molar-refractivity contribution >= 4 is 34.6 Å². The lowest BCUT2D eigenvalue weighted by atomic mass is 10.2. The van der Waals surface area contributed by atoms with E-state index in [1.807, 2.05) is 49.0 Å². The molecule has 0 atom stereocenters. The molecule has 0 spiro atoms. The predicted molar refractivity (Wildman–Crippen MR) is 103 cm³/mol. The van der Waals surface area contributed by atoms with Gasteiger partial charge in [-0.15, -0.1) is 6.58 Å². The fourth-order valence-corrected chi connectivity index (χ4v) is 3.46. The Hall–Kier alpha value is -2.73. The largest absolute Gasteiger partial charge is 0.506 e. The molecule has 6 heteroatoms. The maximum atomic E-state index is 12.7. The van der Waals surface area contributed by atoms with Crippen molar-refractivity contribution in [3.8, 4) is 5.75 Å². The fourth-order valence-electron chi connectivity index (χ4n) is 2.47. The molecular formula is C19H19N3O2S. The van der Waals surface area contributed by atoms with Crippen molar-refractivity contribution in [3.63, 3.8) is 0 Å². The molecule has 1 aromatic heterocycles. The van der Waals surface area contributed by atoms with Crippen LogP contribution in [0.5, 0.6) is 5.75 Å². The van der Waals surface area contributed by atoms with Gasteiger partial charge in [0.15, 0.2) is 5.17 Å². The quantitative estimate of drug-likeness (QED) is 0.671. The Kier molecular flexibility index (Phi) is 4.81. The van der Waals surface area contributed by atoms with Crippen molar-refractivity contribution < 1.29 is 9.90 Å². The highest BCUT2D eigenvalue weighted by molar-refractivity contribution is 8.18. The van der Waals surface area contributed by atoms with Crippen molar-refractivity contribution in [2.24, 2.45) is 12.0 Å². The van der Waals surface area contributed by atoms with Crippen molar-refractivity contribution in [3.05, 3.63) is 65.3 Å². The molecule has 2 heterocycles. The minimum Gasteiger partial charge on any atom is -0.506 e. The molecule has 1 N–H and O–H groups in total. The number of nitrogens with zero attached hydrogens (tertiary/aromatic N) is 3. The lowest BCUT2D eigenvalue weighted by Crippen LogP contribution is -2.29. The zero-order valence-electron chi connectivity index (χ0n) is 14.1. The number of aryl methyl sites for hydroxylation is 2. The molecule has 1 aromatic carbocycles. The number of amidine groups is 1. The van der Waals surface area contributed by atoms with Gasteiger partial charge < -0.3 is 9.67 Å². The van der Waals surface area contributed by atoms with Crippen LogP contribution in [0.2, 0.25) is 0 Å². The minimum atomic E-state index is -0.114. The summed E-state index contributed by atoms with van der Waals surface area (Å²) in [6.45, 7) is 5.97. The summed E-state index contributed by atoms with van der Waals surface area (Å²) < 4.78 is 1.94. The molecule has 0 bridgehead atoms. The number of phenols is 1. The number of carbonyl (C=O) groups is 1. The van der Waals surface area contributed by atoms with Crippen LogP contribution in [0.15, 0.2) is 59.1 Å². The van der Waals surface area contributed by atoms with Gasteiger partial charge in [-0.25, -0.2) is 4.99 Å². The molecule has 0 saturated carbocycles. The third-order valence-electron chi connectivity index (χ3n) is 3.81. The highest BCUT2D eigenvalue weighted by Crippen LogP contribution is 2.36. The highest BCUT2D eigenvalue weighted by atomic mass is 32.2. The van der Waals surface area contributed by atoms with Crippen LogP contribution in [0.25, 0.3) is 6.08 Å². The van der Waals surface area contributed by atoms with Crippen LogP contribution in [0.1, 0.15) is 11.3 Å². The molecule has 1 aliphatic rings. The average molecular weight is 353 g/mol. The molecule has 1 saturated heterocycles. The number of phenolic OH excluding ortho intramolecular Hbond substituents is 1. The fraction of sp³-hybridized carbons (Fsp3) is 0.158. The number of thioether (sulfide) groups is 1. The number of hydrogen-bond acceptors (Lipinski definition) is 4. The number of aliphatic imine (C=N–C) groups is 1. The standard InChI is InChI=1S/C19H19N3O2S/c1-4-9-22-18(24)17(12-14-6-5-10-21(14)3)25-19(22)20-15-8-7-13(2)11-16(15)23/h4-8,10-12,23H,1,9H2,2-3H3/b17-12-,20-19?. The summed E-state index contributed by atoms with van der Waals surface area (Å²) in [5.41, 5.74) is 2.33. The number of hydrogen-bond donors (Lipinski definition) is 1. The van der Waals surface area contributed by atoms with Gasteiger partial charge in [-0.3, -0.25) is 9.69 Å². The van der Waals surface area contributed by atoms with E-state index < -0.39 is 0 Å². The summed E-state index contributed by atoms with van der Waals surface area (Å²) in [5.74, 6) is -0.0181. The van der Waals surface area contributed by atoms with E-state index in [1.54, 1.807) is 23.1 Å². The molecule has 2 aromatic rings. The Labute approximate surface area is 151 Å². The highest BCUT2D eigenvalue weighted by Gasteiger charge is 2.32. The lowest BCUT2D eigenvalue weighted by molar-refractivity contribution is -0.121. The van der Waals surface area contributed by atoms with Crippen LogP contribution in [0.3, 0.4) is 0 Å². The normalized spacial score (nSPS) is 17.7. The number of aromatic nitrogens is 1. The zero-order chi connectivity index (χ0) is 18.0. The second-order valence-corrected chi connectivity index (χ2v) is 6.75. The van der Waals surface area contributed by atoms with E-state index >= 15 is 0 Å². The second-order valence-electron chi connectivity index (χ2n) is 5.75. The van der Waals surface area contributed by atoms with E-state index in [9.17, 15) is 9.90 Å². The zero-order valence-corrected chi connectivity index (χ0v) is 15.0. The molecule has 1 aliphatic heterocycles. The van der Waals surface area contributed by atoms with E-state index in [1.165, 1.54) is 11.8 Å². The SMILES string of the molecule is C=CCN1C(=O)/C(=C/c2cccn2C)SC1=Nc1ccc(C)cc1O. The summed E-state index contributed by atoms with van der Waals surface area (Å²) in [6.07, 6.45) is 5.44. The average Bonchev–Trinajstić information content (AvgIpc) is 3.09. The van der Waals surface area contributed by atoms with Crippen LogP contribution in [-0.2, 0) is 11.8 Å². The van der Waals surface area contributed by atoms with Gasteiger partial charge in [0.05, 0.1) is 4.91 Å². The van der Waals surface area contributed by atoms with Crippen molar-refractivity contribution in [1.82, 2.24) is 9.47 Å². The Bertz CT molecular complexity index is 896. The number of carbonyl (C=O) groups excluding carboxylic acids is 1. The summed E-state index contributed by atoms with van der Waals surface area (Å²) in [6, 6.07) is 9.14. The molecule has 5 nitrogen and oxygen atoms in total. The first-order valence-electron chi connectivity index (χ1n) is 7.81. The minimum absolute atomic E-state index is 0.0963. The smallest absolute Gasteiger partial charge is 0.267 e. The van der Waals surface area contributed by atoms with Gasteiger partial charge in [0.25, 0.3) is 5.91 Å². The van der Waals surface area contributed by atoms with Crippen LogP contribution < -0.4 is 0 Å². The Morgan fingerprint density at radius 2 is 2.16 bits per heavy atom. The molecule has 0 unspecified atom stereocenters. The first-order chi connectivity index (χ1) is 12.0. The van der Waals surface area contributed by atoms with Gasteiger partial charge in [-0.1, -0.05) is 12.1 Å². The molecule has 1 fully saturated rings. The van der Waals surface area contributed by atoms with Gasteiger partial charge in [0, 0.05) is 25.5 Å². The van der Waals surface area contributed by atoms with E-state index in [4.69, 9.17) is 0 Å². The Morgan fingerprint density at radius 1 is 1.36 bits per heavy atom. The third kappa shape index (κ3) is 3.53. The summed E-state index contributed by atoms with van der Waals surface area (Å²) in [7, 11) is 1.93. The molecule has 1 amide bonds. The molecule has 25 heavy (non-hydrogen) atoms. The van der Waals surface area contributed by atoms with Crippen LogP contribution in [0, 0.1) is 6.92 Å². The molecule has 0 aliphatic carbocycles. The monoisotopic (exact) mass is 353 g/mol. The molecule has 3 rings (SSSR count). The summed E-state index contributed by atoms with van der Waals surface area (Å²) in [4.78, 5) is 19.4. The first kappa shape index (κ1) is 17.1. The predicted octanol–water partition coefficient (Wildman–Crippen LogP) is 3.83. The lowest BCUT2D eigenvalue weighted by Gasteiger charge is -2.12. The number of benzene rings is 1. The maximum Gasteiger partial charge on any atom is 0.267 e. The number of aromatic hydroxyl groups is 1. The van der Waals surface area contributed by atoms with Gasteiger partial charge in [-0.2, -0.15) is 0 Å². The van der Waals surface area contributed by atoms with E-state index in [2.05, 4.69) is 11.6 Å². The van der Waals surface area contributed by atoms with Crippen molar-refractivity contribution in [1.29, 1.82) is 0 Å². The topological polar surface area (TPSA) is 57.8 Å². The summed E-state index contributed by atoms with van der Waals surface area (Å²) >= 11 is 1.30. The maximum absolute atomic E-state index is 12.7. The van der Waals surface area contributed by atoms with Crippen molar-refractivity contribution in [2.45, 2.75) is 6.92 Å². The Balaban J connectivity index is 1.99.